The number of aromatic amines is 1. The van der Waals surface area contributed by atoms with E-state index in [0.29, 0.717) is 13.2 Å². The van der Waals surface area contributed by atoms with Crippen LogP contribution in [-0.4, -0.2) is 23.2 Å². The number of hydrogen-bond acceptors (Lipinski definition) is 4. The third kappa shape index (κ3) is 2.74. The first kappa shape index (κ1) is 13.9. The number of nitrogens with zero attached hydrogens (tertiary/aromatic N) is 1. The molecule has 5 heteroatoms. The van der Waals surface area contributed by atoms with Gasteiger partial charge in [0.2, 0.25) is 0 Å². The summed E-state index contributed by atoms with van der Waals surface area (Å²) in [6.45, 7) is 5.31. The number of aromatic nitrogens is 2. The predicted molar refractivity (Wildman–Crippen MR) is 81.5 cm³/mol. The average Bonchev–Trinajstić information content (AvgIpc) is 2.97. The van der Waals surface area contributed by atoms with E-state index in [-0.39, 0.29) is 0 Å². The van der Waals surface area contributed by atoms with E-state index >= 15 is 0 Å². The highest BCUT2D eigenvalue weighted by Crippen LogP contribution is 2.34. The fourth-order valence-electron chi connectivity index (χ4n) is 2.61. The van der Waals surface area contributed by atoms with E-state index in [1.54, 1.807) is 0 Å². The van der Waals surface area contributed by atoms with E-state index in [1.807, 2.05) is 31.3 Å². The molecule has 0 amide bonds. The Labute approximate surface area is 124 Å². The van der Waals surface area contributed by atoms with Gasteiger partial charge in [0.25, 0.3) is 0 Å². The molecule has 1 aliphatic rings. The molecular formula is C16H21N3O2. The van der Waals surface area contributed by atoms with Gasteiger partial charge in [0.05, 0.1) is 17.4 Å². The van der Waals surface area contributed by atoms with E-state index in [2.05, 4.69) is 16.9 Å². The van der Waals surface area contributed by atoms with Crippen molar-refractivity contribution in [1.82, 2.24) is 9.97 Å². The zero-order chi connectivity index (χ0) is 14.9. The van der Waals surface area contributed by atoms with Crippen LogP contribution >= 0.6 is 0 Å². The molecule has 3 N–H and O–H groups in total. The monoisotopic (exact) mass is 287 g/mol. The minimum atomic E-state index is -0.430. The summed E-state index contributed by atoms with van der Waals surface area (Å²) in [5, 5.41) is 0. The maximum absolute atomic E-state index is 6.31. The smallest absolute Gasteiger partial charge is 0.162 e. The van der Waals surface area contributed by atoms with Gasteiger partial charge >= 0.3 is 0 Å². The van der Waals surface area contributed by atoms with Crippen molar-refractivity contribution in [2.75, 3.05) is 13.2 Å². The van der Waals surface area contributed by atoms with E-state index < -0.39 is 5.54 Å². The molecule has 0 saturated carbocycles. The van der Waals surface area contributed by atoms with E-state index in [0.717, 1.165) is 41.4 Å². The molecule has 5 nitrogen and oxygen atoms in total. The Morgan fingerprint density at radius 3 is 2.81 bits per heavy atom. The van der Waals surface area contributed by atoms with Crippen LogP contribution in [0.15, 0.2) is 24.4 Å². The lowest BCUT2D eigenvalue weighted by atomic mass is 9.97. The molecular weight excluding hydrogens is 266 g/mol. The van der Waals surface area contributed by atoms with Crippen LogP contribution in [-0.2, 0) is 5.54 Å². The lowest BCUT2D eigenvalue weighted by Gasteiger charge is -2.21. The molecule has 0 fully saturated rings. The Hall–Kier alpha value is -2.01. The standard InChI is InChI=1S/C16H21N3O2/c1-3-6-16(2,17)15-18-10-12(19-15)11-4-5-13-14(9-11)21-8-7-20-13/h4-5,9-10H,3,6-8,17H2,1-2H3,(H,18,19). The maximum atomic E-state index is 6.31. The second-order valence-corrected chi connectivity index (χ2v) is 5.67. The minimum absolute atomic E-state index is 0.430. The zero-order valence-electron chi connectivity index (χ0n) is 12.5. The summed E-state index contributed by atoms with van der Waals surface area (Å²) >= 11 is 0. The van der Waals surface area contributed by atoms with Crippen molar-refractivity contribution in [3.05, 3.63) is 30.2 Å². The summed E-state index contributed by atoms with van der Waals surface area (Å²) in [6, 6.07) is 5.90. The van der Waals surface area contributed by atoms with Crippen LogP contribution in [0.1, 0.15) is 32.5 Å². The second-order valence-electron chi connectivity index (χ2n) is 5.67. The third-order valence-corrected chi connectivity index (χ3v) is 3.74. The number of rotatable bonds is 4. The number of fused-ring (bicyclic) bond motifs is 1. The first-order chi connectivity index (χ1) is 10.1. The molecule has 1 aromatic heterocycles. The van der Waals surface area contributed by atoms with Crippen LogP contribution in [0.2, 0.25) is 0 Å². The Bertz CT molecular complexity index is 634. The quantitative estimate of drug-likeness (QED) is 0.907. The van der Waals surface area contributed by atoms with Crippen LogP contribution in [0.4, 0.5) is 0 Å². The molecule has 1 aliphatic heterocycles. The number of benzene rings is 1. The molecule has 0 aliphatic carbocycles. The Morgan fingerprint density at radius 2 is 2.05 bits per heavy atom. The topological polar surface area (TPSA) is 73.2 Å². The van der Waals surface area contributed by atoms with E-state index in [9.17, 15) is 0 Å². The third-order valence-electron chi connectivity index (χ3n) is 3.74. The fraction of sp³-hybridized carbons (Fsp3) is 0.438. The lowest BCUT2D eigenvalue weighted by molar-refractivity contribution is 0.171. The maximum Gasteiger partial charge on any atom is 0.162 e. The van der Waals surface area contributed by atoms with Gasteiger partial charge in [-0.05, 0) is 31.5 Å². The molecule has 3 rings (SSSR count). The summed E-state index contributed by atoms with van der Waals surface area (Å²) < 4.78 is 11.1. The van der Waals surface area contributed by atoms with Crippen LogP contribution < -0.4 is 15.2 Å². The van der Waals surface area contributed by atoms with Gasteiger partial charge in [-0.15, -0.1) is 0 Å². The summed E-state index contributed by atoms with van der Waals surface area (Å²) in [4.78, 5) is 7.77. The van der Waals surface area contributed by atoms with Gasteiger partial charge < -0.3 is 20.2 Å². The zero-order valence-corrected chi connectivity index (χ0v) is 12.5. The summed E-state index contributed by atoms with van der Waals surface area (Å²) in [7, 11) is 0. The highest BCUT2D eigenvalue weighted by molar-refractivity contribution is 5.64. The normalized spacial score (nSPS) is 16.5. The van der Waals surface area contributed by atoms with E-state index in [1.165, 1.54) is 0 Å². The van der Waals surface area contributed by atoms with Crippen molar-refractivity contribution >= 4 is 0 Å². The minimum Gasteiger partial charge on any atom is -0.486 e. The first-order valence-corrected chi connectivity index (χ1v) is 7.34. The molecule has 1 aromatic carbocycles. The van der Waals surface area contributed by atoms with Crippen molar-refractivity contribution in [1.29, 1.82) is 0 Å². The number of H-pyrrole nitrogens is 1. The highest BCUT2D eigenvalue weighted by atomic mass is 16.6. The molecule has 0 radical (unpaired) electrons. The van der Waals surface area contributed by atoms with Crippen LogP contribution in [0.25, 0.3) is 11.3 Å². The van der Waals surface area contributed by atoms with Gasteiger partial charge in [-0.1, -0.05) is 13.3 Å². The van der Waals surface area contributed by atoms with Crippen LogP contribution in [0, 0.1) is 0 Å². The number of nitrogens with two attached hydrogens (primary N) is 1. The van der Waals surface area contributed by atoms with Crippen molar-refractivity contribution in [2.45, 2.75) is 32.2 Å². The van der Waals surface area contributed by atoms with Crippen molar-refractivity contribution in [2.24, 2.45) is 5.73 Å². The van der Waals surface area contributed by atoms with Crippen LogP contribution in [0.3, 0.4) is 0 Å². The molecule has 0 saturated heterocycles. The number of ether oxygens (including phenoxy) is 2. The van der Waals surface area contributed by atoms with Gasteiger partial charge in [-0.3, -0.25) is 0 Å². The van der Waals surface area contributed by atoms with Crippen LogP contribution in [0.5, 0.6) is 11.5 Å². The van der Waals surface area contributed by atoms with Crippen molar-refractivity contribution in [3.8, 4) is 22.8 Å². The molecule has 112 valence electrons. The molecule has 0 spiro atoms. The second kappa shape index (κ2) is 5.41. The molecule has 21 heavy (non-hydrogen) atoms. The average molecular weight is 287 g/mol. The Kier molecular flexibility index (Phi) is 3.59. The van der Waals surface area contributed by atoms with Gasteiger partial charge in [-0.2, -0.15) is 0 Å². The van der Waals surface area contributed by atoms with Gasteiger partial charge in [0.15, 0.2) is 11.5 Å². The number of imidazole rings is 1. The fourth-order valence-corrected chi connectivity index (χ4v) is 2.61. The highest BCUT2D eigenvalue weighted by Gasteiger charge is 2.24. The lowest BCUT2D eigenvalue weighted by Crippen LogP contribution is -2.34. The Morgan fingerprint density at radius 1 is 1.29 bits per heavy atom. The summed E-state index contributed by atoms with van der Waals surface area (Å²) in [5.74, 6) is 2.38. The molecule has 2 heterocycles. The molecule has 1 atom stereocenters. The van der Waals surface area contributed by atoms with Gasteiger partial charge in [0.1, 0.15) is 19.0 Å². The van der Waals surface area contributed by atoms with Crippen molar-refractivity contribution < 1.29 is 9.47 Å². The number of hydrogen-bond donors (Lipinski definition) is 2. The molecule has 0 bridgehead atoms. The molecule has 1 unspecified atom stereocenters. The summed E-state index contributed by atoms with van der Waals surface area (Å²) in [5.41, 5.74) is 7.84. The van der Waals surface area contributed by atoms with Gasteiger partial charge in [-0.25, -0.2) is 4.98 Å². The predicted octanol–water partition coefficient (Wildman–Crippen LogP) is 2.82. The first-order valence-electron chi connectivity index (χ1n) is 7.34. The number of nitrogens with one attached hydrogen (secondary N) is 1. The summed E-state index contributed by atoms with van der Waals surface area (Å²) in [6.07, 6.45) is 3.73. The Balaban J connectivity index is 1.89. The van der Waals surface area contributed by atoms with E-state index in [4.69, 9.17) is 15.2 Å². The van der Waals surface area contributed by atoms with Crippen molar-refractivity contribution in [3.63, 3.8) is 0 Å². The molecule has 2 aromatic rings. The SMILES string of the molecule is CCCC(C)(N)c1ncc(-c2ccc3c(c2)OCCO3)[nH]1. The largest absolute Gasteiger partial charge is 0.486 e. The van der Waals surface area contributed by atoms with Gasteiger partial charge in [0, 0.05) is 5.56 Å².